The topological polar surface area (TPSA) is 43.0 Å². The van der Waals surface area contributed by atoms with Crippen molar-refractivity contribution in [2.24, 2.45) is 0 Å². The van der Waals surface area contributed by atoms with Crippen molar-refractivity contribution in [3.63, 3.8) is 0 Å². The summed E-state index contributed by atoms with van der Waals surface area (Å²) in [6.45, 7) is 2.63. The summed E-state index contributed by atoms with van der Waals surface area (Å²) < 4.78 is 3.45. The second kappa shape index (κ2) is 5.05. The van der Waals surface area contributed by atoms with E-state index in [-0.39, 0.29) is 4.87 Å². The SMILES string of the molecule is CCCn1c(-[n+]2ccccc2)c(C=O)sc1=O. The molecule has 17 heavy (non-hydrogen) atoms. The molecule has 0 aliphatic heterocycles. The predicted octanol–water partition coefficient (Wildman–Crippen LogP) is 1.41. The number of carbonyl (C=O) groups is 1. The van der Waals surface area contributed by atoms with E-state index in [1.165, 1.54) is 0 Å². The largest absolute Gasteiger partial charge is 0.392 e. The van der Waals surface area contributed by atoms with Gasteiger partial charge in [0, 0.05) is 0 Å². The van der Waals surface area contributed by atoms with E-state index in [4.69, 9.17) is 0 Å². The Morgan fingerprint density at radius 2 is 2.06 bits per heavy atom. The standard InChI is InChI=1S/C12H13N2O2S/c1-2-6-14-11(10(9-15)17-12(14)16)13-7-4-3-5-8-13/h3-5,7-9H,2,6H2,1H3/q+1. The van der Waals surface area contributed by atoms with E-state index in [9.17, 15) is 9.59 Å². The fourth-order valence-corrected chi connectivity index (χ4v) is 2.55. The van der Waals surface area contributed by atoms with E-state index in [0.29, 0.717) is 17.2 Å². The van der Waals surface area contributed by atoms with Gasteiger partial charge in [0.1, 0.15) is 0 Å². The number of hydrogen-bond donors (Lipinski definition) is 0. The van der Waals surface area contributed by atoms with Crippen LogP contribution >= 0.6 is 11.3 Å². The van der Waals surface area contributed by atoms with Crippen molar-refractivity contribution in [1.82, 2.24) is 4.57 Å². The van der Waals surface area contributed by atoms with Crippen LogP contribution in [0.3, 0.4) is 0 Å². The molecule has 0 fully saturated rings. The zero-order valence-corrected chi connectivity index (χ0v) is 10.3. The van der Waals surface area contributed by atoms with Crippen LogP contribution in [-0.2, 0) is 6.54 Å². The molecule has 0 amide bonds. The van der Waals surface area contributed by atoms with Gasteiger partial charge in [-0.25, -0.2) is 9.36 Å². The molecule has 0 aliphatic rings. The predicted molar refractivity (Wildman–Crippen MR) is 65.8 cm³/mol. The van der Waals surface area contributed by atoms with Crippen molar-refractivity contribution in [3.05, 3.63) is 45.1 Å². The summed E-state index contributed by atoms with van der Waals surface area (Å²) in [6, 6.07) is 5.63. The summed E-state index contributed by atoms with van der Waals surface area (Å²) in [5.41, 5.74) is 0. The molecular weight excluding hydrogens is 236 g/mol. The number of aromatic nitrogens is 2. The molecule has 0 atom stereocenters. The van der Waals surface area contributed by atoms with Crippen molar-refractivity contribution in [3.8, 4) is 5.82 Å². The molecule has 0 aromatic carbocycles. The first-order valence-electron chi connectivity index (χ1n) is 5.43. The molecule has 88 valence electrons. The van der Waals surface area contributed by atoms with Gasteiger partial charge in [0.15, 0.2) is 11.2 Å². The Labute approximate surface area is 103 Å². The first kappa shape index (κ1) is 11.7. The van der Waals surface area contributed by atoms with Gasteiger partial charge in [0.05, 0.1) is 18.9 Å². The highest BCUT2D eigenvalue weighted by Gasteiger charge is 2.23. The summed E-state index contributed by atoms with van der Waals surface area (Å²) in [6.07, 6.45) is 5.27. The minimum Gasteiger partial charge on any atom is -0.297 e. The molecule has 4 nitrogen and oxygen atoms in total. The van der Waals surface area contributed by atoms with Crippen LogP contribution in [-0.4, -0.2) is 10.9 Å². The Balaban J connectivity index is 2.65. The number of aldehydes is 1. The maximum atomic E-state index is 11.8. The van der Waals surface area contributed by atoms with Crippen LogP contribution in [0.25, 0.3) is 5.82 Å². The van der Waals surface area contributed by atoms with Crippen LogP contribution in [0.1, 0.15) is 23.0 Å². The first-order chi connectivity index (χ1) is 8.27. The number of rotatable bonds is 4. The van der Waals surface area contributed by atoms with Crippen LogP contribution in [0.5, 0.6) is 0 Å². The lowest BCUT2D eigenvalue weighted by molar-refractivity contribution is -0.601. The Kier molecular flexibility index (Phi) is 3.49. The Morgan fingerprint density at radius 3 is 2.65 bits per heavy atom. The summed E-state index contributed by atoms with van der Waals surface area (Å²) in [4.78, 5) is 23.2. The number of pyridine rings is 1. The van der Waals surface area contributed by atoms with E-state index >= 15 is 0 Å². The molecule has 0 unspecified atom stereocenters. The van der Waals surface area contributed by atoms with Crippen molar-refractivity contribution in [1.29, 1.82) is 0 Å². The van der Waals surface area contributed by atoms with Crippen molar-refractivity contribution in [2.45, 2.75) is 19.9 Å². The van der Waals surface area contributed by atoms with Gasteiger partial charge in [0.25, 0.3) is 0 Å². The number of nitrogens with zero attached hydrogens (tertiary/aromatic N) is 2. The molecule has 5 heteroatoms. The maximum absolute atomic E-state index is 11.8. The van der Waals surface area contributed by atoms with Gasteiger partial charge in [-0.05, 0) is 29.9 Å². The van der Waals surface area contributed by atoms with Crippen LogP contribution in [0, 0.1) is 0 Å². The Bertz CT molecular complexity index is 572. The molecule has 2 aromatic heterocycles. The zero-order valence-electron chi connectivity index (χ0n) is 9.50. The molecule has 0 bridgehead atoms. The monoisotopic (exact) mass is 249 g/mol. The average molecular weight is 249 g/mol. The molecule has 2 heterocycles. The highest BCUT2D eigenvalue weighted by molar-refractivity contribution is 7.11. The Hall–Kier alpha value is -1.75. The average Bonchev–Trinajstić information content (AvgIpc) is 2.68. The lowest BCUT2D eigenvalue weighted by Crippen LogP contribution is -2.35. The quantitative estimate of drug-likeness (QED) is 0.607. The van der Waals surface area contributed by atoms with Crippen LogP contribution in [0.4, 0.5) is 0 Å². The van der Waals surface area contributed by atoms with E-state index in [0.717, 1.165) is 24.0 Å². The summed E-state index contributed by atoms with van der Waals surface area (Å²) in [7, 11) is 0. The maximum Gasteiger partial charge on any atom is 0.392 e. The summed E-state index contributed by atoms with van der Waals surface area (Å²) in [5, 5.41) is 0. The van der Waals surface area contributed by atoms with Crippen molar-refractivity contribution >= 4 is 17.6 Å². The zero-order chi connectivity index (χ0) is 12.3. The van der Waals surface area contributed by atoms with Gasteiger partial charge < -0.3 is 0 Å². The molecule has 0 aliphatic carbocycles. The van der Waals surface area contributed by atoms with Gasteiger partial charge in [-0.15, -0.1) is 0 Å². The van der Waals surface area contributed by atoms with E-state index < -0.39 is 0 Å². The smallest absolute Gasteiger partial charge is 0.297 e. The fraction of sp³-hybridized carbons (Fsp3) is 0.250. The minimum atomic E-state index is -0.0831. The molecule has 2 rings (SSSR count). The van der Waals surface area contributed by atoms with E-state index in [1.807, 2.05) is 37.5 Å². The Morgan fingerprint density at radius 1 is 1.35 bits per heavy atom. The second-order valence-corrected chi connectivity index (χ2v) is 4.60. The van der Waals surface area contributed by atoms with Gasteiger partial charge in [0.2, 0.25) is 0 Å². The van der Waals surface area contributed by atoms with Crippen LogP contribution in [0.2, 0.25) is 0 Å². The van der Waals surface area contributed by atoms with E-state index in [2.05, 4.69) is 0 Å². The van der Waals surface area contributed by atoms with Gasteiger partial charge in [-0.3, -0.25) is 4.79 Å². The normalized spacial score (nSPS) is 10.4. The van der Waals surface area contributed by atoms with Gasteiger partial charge in [-0.1, -0.05) is 13.0 Å². The number of carbonyl (C=O) groups excluding carboxylic acids is 1. The third kappa shape index (κ3) is 2.19. The highest BCUT2D eigenvalue weighted by Crippen LogP contribution is 2.10. The molecule has 0 radical (unpaired) electrons. The van der Waals surface area contributed by atoms with Crippen LogP contribution < -0.4 is 9.44 Å². The number of thiazole rings is 1. The molecule has 0 spiro atoms. The lowest BCUT2D eigenvalue weighted by atomic mass is 10.4. The van der Waals surface area contributed by atoms with Gasteiger partial charge in [-0.2, -0.15) is 4.57 Å². The van der Waals surface area contributed by atoms with Crippen molar-refractivity contribution in [2.75, 3.05) is 0 Å². The molecule has 2 aromatic rings. The minimum absolute atomic E-state index is 0.0831. The molecule has 0 N–H and O–H groups in total. The third-order valence-electron chi connectivity index (χ3n) is 2.41. The molecule has 0 saturated carbocycles. The first-order valence-corrected chi connectivity index (χ1v) is 6.25. The second-order valence-electron chi connectivity index (χ2n) is 3.61. The highest BCUT2D eigenvalue weighted by atomic mass is 32.1. The number of hydrogen-bond acceptors (Lipinski definition) is 3. The van der Waals surface area contributed by atoms with Crippen LogP contribution in [0.15, 0.2) is 35.4 Å². The van der Waals surface area contributed by atoms with Gasteiger partial charge >= 0.3 is 10.7 Å². The summed E-state index contributed by atoms with van der Waals surface area (Å²) >= 11 is 0.994. The fourth-order valence-electron chi connectivity index (χ4n) is 1.72. The molecular formula is C12H13N2O2S+. The van der Waals surface area contributed by atoms with E-state index in [1.54, 1.807) is 9.13 Å². The third-order valence-corrected chi connectivity index (χ3v) is 3.30. The summed E-state index contributed by atoms with van der Waals surface area (Å²) in [5.74, 6) is 0.664. The van der Waals surface area contributed by atoms with Crippen molar-refractivity contribution < 1.29 is 9.36 Å². The lowest BCUT2D eigenvalue weighted by Gasteiger charge is -2.00. The molecule has 0 saturated heterocycles.